The van der Waals surface area contributed by atoms with Gasteiger partial charge in [0, 0.05) is 11.1 Å². The standard InChI is InChI=1S/C17H16ClN3O/c1-12(13-5-3-2-4-6-13)20-11-17(22)21-16-9-15(18)8-7-14(16)10-19/h2-9,12,20H,11H2,1H3,(H,21,22)/t12-/m1/s1. The second-order valence-electron chi connectivity index (χ2n) is 4.86. The zero-order valence-corrected chi connectivity index (χ0v) is 12.9. The highest BCUT2D eigenvalue weighted by molar-refractivity contribution is 6.31. The average molecular weight is 314 g/mol. The molecule has 0 radical (unpaired) electrons. The molecule has 2 aromatic carbocycles. The van der Waals surface area contributed by atoms with Gasteiger partial charge in [0.25, 0.3) is 0 Å². The van der Waals surface area contributed by atoms with Gasteiger partial charge in [0.2, 0.25) is 5.91 Å². The van der Waals surface area contributed by atoms with Crippen LogP contribution in [0.1, 0.15) is 24.1 Å². The number of anilines is 1. The molecule has 0 heterocycles. The Balaban J connectivity index is 1.94. The molecule has 0 bridgehead atoms. The Labute approximate surface area is 134 Å². The van der Waals surface area contributed by atoms with E-state index in [1.54, 1.807) is 18.2 Å². The van der Waals surface area contributed by atoms with E-state index in [0.29, 0.717) is 16.3 Å². The predicted molar refractivity (Wildman–Crippen MR) is 87.7 cm³/mol. The van der Waals surface area contributed by atoms with E-state index in [0.717, 1.165) is 5.56 Å². The number of hydrogen-bond acceptors (Lipinski definition) is 3. The molecule has 1 atom stereocenters. The van der Waals surface area contributed by atoms with E-state index in [2.05, 4.69) is 10.6 Å². The smallest absolute Gasteiger partial charge is 0.238 e. The van der Waals surface area contributed by atoms with Gasteiger partial charge >= 0.3 is 0 Å². The van der Waals surface area contributed by atoms with E-state index in [4.69, 9.17) is 16.9 Å². The van der Waals surface area contributed by atoms with Crippen LogP contribution in [0.2, 0.25) is 5.02 Å². The normalized spacial score (nSPS) is 11.5. The minimum atomic E-state index is -0.221. The van der Waals surface area contributed by atoms with Gasteiger partial charge in [-0.3, -0.25) is 4.79 Å². The molecule has 2 N–H and O–H groups in total. The van der Waals surface area contributed by atoms with E-state index in [-0.39, 0.29) is 18.5 Å². The number of carbonyl (C=O) groups is 1. The molecule has 22 heavy (non-hydrogen) atoms. The van der Waals surface area contributed by atoms with Gasteiger partial charge in [-0.05, 0) is 30.7 Å². The fourth-order valence-electron chi connectivity index (χ4n) is 2.02. The quantitative estimate of drug-likeness (QED) is 0.888. The van der Waals surface area contributed by atoms with E-state index in [9.17, 15) is 4.79 Å². The van der Waals surface area contributed by atoms with Crippen molar-refractivity contribution in [3.63, 3.8) is 0 Å². The summed E-state index contributed by atoms with van der Waals surface area (Å²) in [6.07, 6.45) is 0. The van der Waals surface area contributed by atoms with Gasteiger partial charge in [0.15, 0.2) is 0 Å². The van der Waals surface area contributed by atoms with Crippen LogP contribution >= 0.6 is 11.6 Å². The largest absolute Gasteiger partial charge is 0.324 e. The number of nitriles is 1. The Morgan fingerprint density at radius 1 is 1.27 bits per heavy atom. The first-order valence-corrected chi connectivity index (χ1v) is 7.26. The minimum absolute atomic E-state index is 0.0572. The van der Waals surface area contributed by atoms with Crippen LogP contribution in [-0.2, 0) is 4.79 Å². The van der Waals surface area contributed by atoms with Crippen LogP contribution in [0.25, 0.3) is 0 Å². The summed E-state index contributed by atoms with van der Waals surface area (Å²) < 4.78 is 0. The molecule has 0 aliphatic heterocycles. The third-order valence-corrected chi connectivity index (χ3v) is 3.48. The number of nitrogens with zero attached hydrogens (tertiary/aromatic N) is 1. The summed E-state index contributed by atoms with van der Waals surface area (Å²) >= 11 is 5.89. The highest BCUT2D eigenvalue weighted by Crippen LogP contribution is 2.20. The maximum Gasteiger partial charge on any atom is 0.238 e. The van der Waals surface area contributed by atoms with Crippen molar-refractivity contribution in [2.75, 3.05) is 11.9 Å². The molecule has 0 aliphatic carbocycles. The molecule has 5 heteroatoms. The summed E-state index contributed by atoms with van der Waals surface area (Å²) in [4.78, 5) is 12.0. The maximum absolute atomic E-state index is 12.0. The number of hydrogen-bond donors (Lipinski definition) is 2. The Bertz CT molecular complexity index is 695. The van der Waals surface area contributed by atoms with Crippen LogP contribution in [0.3, 0.4) is 0 Å². The Hall–Kier alpha value is -2.35. The molecule has 0 aliphatic rings. The number of amides is 1. The number of nitrogens with one attached hydrogen (secondary N) is 2. The number of carbonyl (C=O) groups excluding carboxylic acids is 1. The fraction of sp³-hybridized carbons (Fsp3) is 0.176. The molecule has 1 amide bonds. The number of rotatable bonds is 5. The summed E-state index contributed by atoms with van der Waals surface area (Å²) in [6, 6.07) is 16.7. The van der Waals surface area contributed by atoms with Crippen LogP contribution < -0.4 is 10.6 Å². The van der Waals surface area contributed by atoms with Crippen LogP contribution in [0, 0.1) is 11.3 Å². The van der Waals surface area contributed by atoms with Gasteiger partial charge in [-0.2, -0.15) is 5.26 Å². The van der Waals surface area contributed by atoms with Crippen molar-refractivity contribution in [3.8, 4) is 6.07 Å². The summed E-state index contributed by atoms with van der Waals surface area (Å²) in [5.74, 6) is -0.221. The average Bonchev–Trinajstić information content (AvgIpc) is 2.53. The summed E-state index contributed by atoms with van der Waals surface area (Å²) in [7, 11) is 0. The lowest BCUT2D eigenvalue weighted by atomic mass is 10.1. The number of benzene rings is 2. The highest BCUT2D eigenvalue weighted by Gasteiger charge is 2.10. The molecule has 2 aromatic rings. The molecular weight excluding hydrogens is 298 g/mol. The molecule has 0 saturated carbocycles. The molecule has 0 spiro atoms. The van der Waals surface area contributed by atoms with Crippen molar-refractivity contribution in [2.24, 2.45) is 0 Å². The van der Waals surface area contributed by atoms with Gasteiger partial charge < -0.3 is 10.6 Å². The van der Waals surface area contributed by atoms with Crippen molar-refractivity contribution in [1.29, 1.82) is 5.26 Å². The maximum atomic E-state index is 12.0. The molecule has 112 valence electrons. The van der Waals surface area contributed by atoms with Crippen LogP contribution in [0.15, 0.2) is 48.5 Å². The lowest BCUT2D eigenvalue weighted by Crippen LogP contribution is -2.30. The van der Waals surface area contributed by atoms with Crippen LogP contribution in [-0.4, -0.2) is 12.5 Å². The molecule has 0 saturated heterocycles. The van der Waals surface area contributed by atoms with Gasteiger partial charge in [-0.1, -0.05) is 41.9 Å². The van der Waals surface area contributed by atoms with Gasteiger partial charge in [0.1, 0.15) is 6.07 Å². The van der Waals surface area contributed by atoms with E-state index in [1.165, 1.54) is 0 Å². The van der Waals surface area contributed by atoms with Crippen molar-refractivity contribution in [3.05, 3.63) is 64.7 Å². The SMILES string of the molecule is C[C@@H](NCC(=O)Nc1cc(Cl)ccc1C#N)c1ccccc1. The third-order valence-electron chi connectivity index (χ3n) is 3.24. The van der Waals surface area contributed by atoms with Crippen LogP contribution in [0.4, 0.5) is 5.69 Å². The summed E-state index contributed by atoms with van der Waals surface area (Å²) in [5.41, 5.74) is 1.92. The summed E-state index contributed by atoms with van der Waals surface area (Å²) in [6.45, 7) is 2.14. The van der Waals surface area contributed by atoms with Gasteiger partial charge in [0.05, 0.1) is 17.8 Å². The van der Waals surface area contributed by atoms with Gasteiger partial charge in [-0.25, -0.2) is 0 Å². The topological polar surface area (TPSA) is 64.9 Å². The lowest BCUT2D eigenvalue weighted by molar-refractivity contribution is -0.115. The van der Waals surface area contributed by atoms with E-state index < -0.39 is 0 Å². The zero-order valence-electron chi connectivity index (χ0n) is 12.1. The monoisotopic (exact) mass is 313 g/mol. The lowest BCUT2D eigenvalue weighted by Gasteiger charge is -2.14. The molecule has 0 unspecified atom stereocenters. The van der Waals surface area contributed by atoms with E-state index >= 15 is 0 Å². The van der Waals surface area contributed by atoms with Crippen molar-refractivity contribution in [1.82, 2.24) is 5.32 Å². The third kappa shape index (κ3) is 4.32. The second-order valence-corrected chi connectivity index (χ2v) is 5.30. The molecular formula is C17H16ClN3O. The fourth-order valence-corrected chi connectivity index (χ4v) is 2.19. The molecule has 0 fully saturated rings. The first kappa shape index (κ1) is 16.0. The zero-order chi connectivity index (χ0) is 15.9. The Morgan fingerprint density at radius 2 is 2.00 bits per heavy atom. The molecule has 0 aromatic heterocycles. The predicted octanol–water partition coefficient (Wildman–Crippen LogP) is 3.50. The van der Waals surface area contributed by atoms with Gasteiger partial charge in [-0.15, -0.1) is 0 Å². The summed E-state index contributed by atoms with van der Waals surface area (Å²) in [5, 5.41) is 15.3. The second kappa shape index (κ2) is 7.60. The first-order chi connectivity index (χ1) is 10.6. The Morgan fingerprint density at radius 3 is 2.68 bits per heavy atom. The molecule has 2 rings (SSSR count). The minimum Gasteiger partial charge on any atom is -0.324 e. The number of halogens is 1. The van der Waals surface area contributed by atoms with Crippen molar-refractivity contribution < 1.29 is 4.79 Å². The van der Waals surface area contributed by atoms with Crippen LogP contribution in [0.5, 0.6) is 0 Å². The van der Waals surface area contributed by atoms with Crippen molar-refractivity contribution in [2.45, 2.75) is 13.0 Å². The van der Waals surface area contributed by atoms with E-state index in [1.807, 2.05) is 43.3 Å². The molecule has 4 nitrogen and oxygen atoms in total. The van der Waals surface area contributed by atoms with Crippen molar-refractivity contribution >= 4 is 23.2 Å². The highest BCUT2D eigenvalue weighted by atomic mass is 35.5. The Kier molecular flexibility index (Phi) is 5.54. The first-order valence-electron chi connectivity index (χ1n) is 6.88.